The van der Waals surface area contributed by atoms with E-state index in [4.69, 9.17) is 0 Å². The van der Waals surface area contributed by atoms with Gasteiger partial charge >= 0.3 is 5.97 Å². The van der Waals surface area contributed by atoms with E-state index < -0.39 is 5.97 Å². The summed E-state index contributed by atoms with van der Waals surface area (Å²) in [5.74, 6) is -0.324. The molecule has 0 spiro atoms. The summed E-state index contributed by atoms with van der Waals surface area (Å²) >= 11 is 3.36. The molecule has 4 heteroatoms. The third kappa shape index (κ3) is 1.69. The highest BCUT2D eigenvalue weighted by Gasteiger charge is 2.23. The molecule has 0 amide bonds. The van der Waals surface area contributed by atoms with Crippen molar-refractivity contribution < 1.29 is 14.3 Å². The zero-order valence-corrected chi connectivity index (χ0v) is 9.76. The summed E-state index contributed by atoms with van der Waals surface area (Å²) in [6.45, 7) is 0. The van der Waals surface area contributed by atoms with Crippen LogP contribution >= 0.6 is 15.9 Å². The van der Waals surface area contributed by atoms with E-state index in [-0.39, 0.29) is 5.78 Å². The van der Waals surface area contributed by atoms with Gasteiger partial charge < -0.3 is 4.74 Å². The lowest BCUT2D eigenvalue weighted by Gasteiger charge is -2.05. The summed E-state index contributed by atoms with van der Waals surface area (Å²) in [7, 11) is 1.32. The number of hydrogen-bond acceptors (Lipinski definition) is 3. The van der Waals surface area contributed by atoms with Gasteiger partial charge in [0.1, 0.15) is 0 Å². The van der Waals surface area contributed by atoms with Crippen LogP contribution in [-0.2, 0) is 11.2 Å². The van der Waals surface area contributed by atoms with Gasteiger partial charge in [0.05, 0.1) is 12.7 Å². The molecule has 0 bridgehead atoms. The lowest BCUT2D eigenvalue weighted by molar-refractivity contribution is 0.0600. The van der Waals surface area contributed by atoms with Crippen LogP contribution in [0.3, 0.4) is 0 Å². The van der Waals surface area contributed by atoms with Crippen LogP contribution in [0.2, 0.25) is 0 Å². The first kappa shape index (κ1) is 10.4. The zero-order valence-electron chi connectivity index (χ0n) is 8.17. The fraction of sp³-hybridized carbons (Fsp3) is 0.273. The minimum Gasteiger partial charge on any atom is -0.465 e. The number of carbonyl (C=O) groups is 2. The molecule has 0 aromatic heterocycles. The van der Waals surface area contributed by atoms with Crippen molar-refractivity contribution in [1.29, 1.82) is 0 Å². The molecule has 0 saturated carbocycles. The van der Waals surface area contributed by atoms with Crippen molar-refractivity contribution in [2.75, 3.05) is 7.11 Å². The van der Waals surface area contributed by atoms with E-state index >= 15 is 0 Å². The smallest absolute Gasteiger partial charge is 0.337 e. The van der Waals surface area contributed by atoms with Gasteiger partial charge in [0, 0.05) is 16.5 Å². The predicted octanol–water partition coefficient (Wildman–Crippen LogP) is 2.36. The van der Waals surface area contributed by atoms with Gasteiger partial charge in [0.2, 0.25) is 0 Å². The largest absolute Gasteiger partial charge is 0.465 e. The predicted molar refractivity (Wildman–Crippen MR) is 58.1 cm³/mol. The first-order valence-corrected chi connectivity index (χ1v) is 5.36. The van der Waals surface area contributed by atoms with Gasteiger partial charge in [-0.2, -0.15) is 0 Å². The summed E-state index contributed by atoms with van der Waals surface area (Å²) in [5.41, 5.74) is 2.05. The minimum atomic E-state index is -0.418. The molecule has 15 heavy (non-hydrogen) atoms. The molecule has 0 unspecified atom stereocenters. The van der Waals surface area contributed by atoms with Crippen LogP contribution < -0.4 is 0 Å². The van der Waals surface area contributed by atoms with E-state index in [1.165, 1.54) is 7.11 Å². The average Bonchev–Trinajstić information content (AvgIpc) is 2.60. The van der Waals surface area contributed by atoms with Gasteiger partial charge in [-0.15, -0.1) is 0 Å². The Labute approximate surface area is 95.6 Å². The maximum absolute atomic E-state index is 11.5. The quantitative estimate of drug-likeness (QED) is 0.735. The number of esters is 1. The Balaban J connectivity index is 2.55. The molecule has 1 aliphatic carbocycles. The normalized spacial score (nSPS) is 13.9. The highest BCUT2D eigenvalue weighted by atomic mass is 79.9. The third-order valence-electron chi connectivity index (χ3n) is 2.52. The van der Waals surface area contributed by atoms with E-state index in [2.05, 4.69) is 20.7 Å². The van der Waals surface area contributed by atoms with Crippen LogP contribution in [0.4, 0.5) is 0 Å². The van der Waals surface area contributed by atoms with Crippen molar-refractivity contribution in [3.05, 3.63) is 33.3 Å². The standard InChI is InChI=1S/C11H9BrO3/c1-15-11(14)6-4-8-7(9(12)5-6)2-3-10(8)13/h4-5H,2-3H2,1H3. The molecule has 1 aromatic rings. The maximum atomic E-state index is 11.5. The Kier molecular flexibility index (Phi) is 2.61. The molecule has 1 aliphatic rings. The van der Waals surface area contributed by atoms with E-state index in [0.29, 0.717) is 17.5 Å². The first-order valence-electron chi connectivity index (χ1n) is 4.57. The number of rotatable bonds is 1. The Hall–Kier alpha value is -1.16. The molecule has 78 valence electrons. The number of Topliss-reactive ketones (excluding diaryl/α,β-unsaturated/α-hetero) is 1. The summed E-state index contributed by atoms with van der Waals surface area (Å²) in [6, 6.07) is 3.31. The van der Waals surface area contributed by atoms with Crippen LogP contribution in [0.15, 0.2) is 16.6 Å². The van der Waals surface area contributed by atoms with Crippen molar-refractivity contribution in [2.45, 2.75) is 12.8 Å². The van der Waals surface area contributed by atoms with Crippen LogP contribution in [0.25, 0.3) is 0 Å². The number of fused-ring (bicyclic) bond motifs is 1. The van der Waals surface area contributed by atoms with Gasteiger partial charge in [-0.25, -0.2) is 4.79 Å². The number of hydrogen-bond donors (Lipinski definition) is 0. The van der Waals surface area contributed by atoms with Gasteiger partial charge in [-0.3, -0.25) is 4.79 Å². The molecule has 2 rings (SSSR count). The van der Waals surface area contributed by atoms with E-state index in [1.54, 1.807) is 12.1 Å². The number of methoxy groups -OCH3 is 1. The molecule has 1 aromatic carbocycles. The fourth-order valence-corrected chi connectivity index (χ4v) is 2.41. The van der Waals surface area contributed by atoms with Gasteiger partial charge in [0.15, 0.2) is 5.78 Å². The van der Waals surface area contributed by atoms with Crippen LogP contribution in [0.1, 0.15) is 32.7 Å². The van der Waals surface area contributed by atoms with Crippen LogP contribution in [0, 0.1) is 0 Å². The molecule has 0 atom stereocenters. The van der Waals surface area contributed by atoms with Gasteiger partial charge in [-0.05, 0) is 24.1 Å². The second-order valence-electron chi connectivity index (χ2n) is 3.40. The van der Waals surface area contributed by atoms with Crippen molar-refractivity contribution >= 4 is 27.7 Å². The van der Waals surface area contributed by atoms with Crippen molar-refractivity contribution in [1.82, 2.24) is 0 Å². The molecule has 0 heterocycles. The Morgan fingerprint density at radius 1 is 1.40 bits per heavy atom. The fourth-order valence-electron chi connectivity index (χ4n) is 1.75. The number of ketones is 1. The molecular formula is C11H9BrO3. The van der Waals surface area contributed by atoms with Crippen molar-refractivity contribution in [3.63, 3.8) is 0 Å². The average molecular weight is 269 g/mol. The highest BCUT2D eigenvalue weighted by Crippen LogP contribution is 2.30. The molecule has 0 radical (unpaired) electrons. The van der Waals surface area contributed by atoms with Crippen LogP contribution in [0.5, 0.6) is 0 Å². The molecule has 0 N–H and O–H groups in total. The molecule has 0 saturated heterocycles. The van der Waals surface area contributed by atoms with Gasteiger partial charge in [0.25, 0.3) is 0 Å². The third-order valence-corrected chi connectivity index (χ3v) is 3.23. The van der Waals surface area contributed by atoms with Crippen LogP contribution in [-0.4, -0.2) is 18.9 Å². The number of benzene rings is 1. The summed E-state index contributed by atoms with van der Waals surface area (Å²) < 4.78 is 5.43. The zero-order chi connectivity index (χ0) is 11.0. The first-order chi connectivity index (χ1) is 7.13. The minimum absolute atomic E-state index is 0.0939. The number of carbonyl (C=O) groups excluding carboxylic acids is 2. The highest BCUT2D eigenvalue weighted by molar-refractivity contribution is 9.10. The summed E-state index contributed by atoms with van der Waals surface area (Å²) in [6.07, 6.45) is 1.27. The molecule has 3 nitrogen and oxygen atoms in total. The lowest BCUT2D eigenvalue weighted by Crippen LogP contribution is -2.03. The summed E-state index contributed by atoms with van der Waals surface area (Å²) in [5, 5.41) is 0. The SMILES string of the molecule is COC(=O)c1cc(Br)c2c(c1)C(=O)CC2. The maximum Gasteiger partial charge on any atom is 0.337 e. The second kappa shape index (κ2) is 3.77. The molecule has 0 aliphatic heterocycles. The lowest BCUT2D eigenvalue weighted by atomic mass is 10.1. The van der Waals surface area contributed by atoms with Crippen molar-refractivity contribution in [3.8, 4) is 0 Å². The monoisotopic (exact) mass is 268 g/mol. The Morgan fingerprint density at radius 3 is 2.80 bits per heavy atom. The second-order valence-corrected chi connectivity index (χ2v) is 4.25. The number of halogens is 1. The van der Waals surface area contributed by atoms with E-state index in [1.807, 2.05) is 0 Å². The summed E-state index contributed by atoms with van der Waals surface area (Å²) in [4.78, 5) is 22.8. The van der Waals surface area contributed by atoms with E-state index in [9.17, 15) is 9.59 Å². The molecular weight excluding hydrogens is 260 g/mol. The molecule has 0 fully saturated rings. The van der Waals surface area contributed by atoms with Crippen molar-refractivity contribution in [2.24, 2.45) is 0 Å². The van der Waals surface area contributed by atoms with E-state index in [0.717, 1.165) is 16.5 Å². The Morgan fingerprint density at radius 2 is 2.13 bits per heavy atom. The Bertz CT molecular complexity index is 451. The number of ether oxygens (including phenoxy) is 1. The van der Waals surface area contributed by atoms with Gasteiger partial charge in [-0.1, -0.05) is 15.9 Å². The topological polar surface area (TPSA) is 43.4 Å².